The van der Waals surface area contributed by atoms with Crippen LogP contribution in [0, 0.1) is 0 Å². The molecule has 0 radical (unpaired) electrons. The van der Waals surface area contributed by atoms with Crippen molar-refractivity contribution < 1.29 is 13.2 Å². The third kappa shape index (κ3) is 6.04. The third-order valence-corrected chi connectivity index (χ3v) is 7.70. The van der Waals surface area contributed by atoms with Crippen molar-refractivity contribution >= 4 is 21.7 Å². The Morgan fingerprint density at radius 3 is 2.39 bits per heavy atom. The molecule has 3 rings (SSSR count). The molecule has 1 saturated heterocycles. The van der Waals surface area contributed by atoms with E-state index in [1.807, 2.05) is 26.0 Å². The molecular weight excluding hydrogens is 412 g/mol. The molecule has 168 valence electrons. The SMILES string of the molecule is CCN(CC)S(=O)(=O)c1ccc(CCC(=O)NCc2ccnc(N3CCCC3)c2)cc1. The van der Waals surface area contributed by atoms with Crippen molar-refractivity contribution in [1.29, 1.82) is 0 Å². The quantitative estimate of drug-likeness (QED) is 0.609. The van der Waals surface area contributed by atoms with Gasteiger partial charge in [-0.15, -0.1) is 0 Å². The largest absolute Gasteiger partial charge is 0.357 e. The maximum atomic E-state index is 12.6. The summed E-state index contributed by atoms with van der Waals surface area (Å²) in [6, 6.07) is 10.8. The monoisotopic (exact) mass is 444 g/mol. The fraction of sp³-hybridized carbons (Fsp3) is 0.478. The molecule has 0 bridgehead atoms. The normalized spacial score (nSPS) is 14.2. The van der Waals surface area contributed by atoms with Crippen LogP contribution in [0.3, 0.4) is 0 Å². The molecule has 0 spiro atoms. The van der Waals surface area contributed by atoms with Gasteiger partial charge in [0, 0.05) is 45.3 Å². The zero-order chi connectivity index (χ0) is 22.3. The second kappa shape index (κ2) is 10.7. The minimum Gasteiger partial charge on any atom is -0.357 e. The average molecular weight is 445 g/mol. The summed E-state index contributed by atoms with van der Waals surface area (Å²) in [4.78, 5) is 19.3. The molecule has 1 N–H and O–H groups in total. The van der Waals surface area contributed by atoms with Gasteiger partial charge in [0.25, 0.3) is 0 Å². The van der Waals surface area contributed by atoms with Crippen molar-refractivity contribution in [3.8, 4) is 0 Å². The van der Waals surface area contributed by atoms with Gasteiger partial charge in [0.1, 0.15) is 5.82 Å². The first-order valence-corrected chi connectivity index (χ1v) is 12.4. The van der Waals surface area contributed by atoms with Gasteiger partial charge in [0.05, 0.1) is 4.90 Å². The van der Waals surface area contributed by atoms with E-state index in [1.54, 1.807) is 30.5 Å². The van der Waals surface area contributed by atoms with Crippen LogP contribution in [-0.4, -0.2) is 49.8 Å². The average Bonchev–Trinajstić information content (AvgIpc) is 3.32. The molecule has 7 nitrogen and oxygen atoms in total. The standard InChI is InChI=1S/C23H32N4O3S/c1-3-27(4-2)31(29,30)21-10-7-19(8-11-21)9-12-23(28)25-18-20-13-14-24-22(17-20)26-15-5-6-16-26/h7-8,10-11,13-14,17H,3-6,9,12,15-16,18H2,1-2H3,(H,25,28). The summed E-state index contributed by atoms with van der Waals surface area (Å²) in [6.07, 6.45) is 5.11. The van der Waals surface area contributed by atoms with Crippen LogP contribution < -0.4 is 10.2 Å². The molecule has 0 aliphatic carbocycles. The van der Waals surface area contributed by atoms with Gasteiger partial charge in [0.15, 0.2) is 0 Å². The minimum atomic E-state index is -3.45. The number of nitrogens with zero attached hydrogens (tertiary/aromatic N) is 3. The molecule has 0 saturated carbocycles. The van der Waals surface area contributed by atoms with E-state index in [0.717, 1.165) is 30.0 Å². The molecule has 0 atom stereocenters. The highest BCUT2D eigenvalue weighted by Gasteiger charge is 2.21. The van der Waals surface area contributed by atoms with Crippen LogP contribution in [0.25, 0.3) is 0 Å². The third-order valence-electron chi connectivity index (χ3n) is 5.64. The first-order chi connectivity index (χ1) is 14.9. The van der Waals surface area contributed by atoms with Gasteiger partial charge >= 0.3 is 0 Å². The Bertz CT molecular complexity index is 967. The molecule has 1 amide bonds. The Morgan fingerprint density at radius 1 is 1.06 bits per heavy atom. The highest BCUT2D eigenvalue weighted by atomic mass is 32.2. The molecule has 1 fully saturated rings. The smallest absolute Gasteiger partial charge is 0.243 e. The number of aromatic nitrogens is 1. The molecule has 1 aromatic heterocycles. The molecule has 1 aliphatic rings. The van der Waals surface area contributed by atoms with Gasteiger partial charge in [-0.05, 0) is 54.7 Å². The van der Waals surface area contributed by atoms with Crippen LogP contribution >= 0.6 is 0 Å². The van der Waals surface area contributed by atoms with Gasteiger partial charge in [-0.3, -0.25) is 4.79 Å². The molecule has 8 heteroatoms. The first-order valence-electron chi connectivity index (χ1n) is 11.0. The highest BCUT2D eigenvalue weighted by molar-refractivity contribution is 7.89. The van der Waals surface area contributed by atoms with E-state index in [9.17, 15) is 13.2 Å². The number of hydrogen-bond acceptors (Lipinski definition) is 5. The number of amides is 1. The molecule has 1 aliphatic heterocycles. The second-order valence-electron chi connectivity index (χ2n) is 7.73. The fourth-order valence-corrected chi connectivity index (χ4v) is 5.24. The van der Waals surface area contributed by atoms with Crippen molar-refractivity contribution in [2.24, 2.45) is 0 Å². The number of carbonyl (C=O) groups excluding carboxylic acids is 1. The maximum Gasteiger partial charge on any atom is 0.243 e. The number of carbonyl (C=O) groups is 1. The zero-order valence-electron chi connectivity index (χ0n) is 18.4. The molecule has 2 aromatic rings. The van der Waals surface area contributed by atoms with Crippen molar-refractivity contribution in [3.05, 3.63) is 53.7 Å². The van der Waals surface area contributed by atoms with E-state index in [2.05, 4.69) is 15.2 Å². The Hall–Kier alpha value is -2.45. The molecule has 0 unspecified atom stereocenters. The van der Waals surface area contributed by atoms with Crippen LogP contribution in [0.4, 0.5) is 5.82 Å². The van der Waals surface area contributed by atoms with Crippen molar-refractivity contribution in [2.75, 3.05) is 31.1 Å². The molecule has 31 heavy (non-hydrogen) atoms. The van der Waals surface area contributed by atoms with Crippen LogP contribution in [0.1, 0.15) is 44.2 Å². The van der Waals surface area contributed by atoms with Gasteiger partial charge in [-0.25, -0.2) is 13.4 Å². The number of hydrogen-bond donors (Lipinski definition) is 1. The van der Waals surface area contributed by atoms with Crippen LogP contribution in [0.2, 0.25) is 0 Å². The van der Waals surface area contributed by atoms with E-state index < -0.39 is 10.0 Å². The minimum absolute atomic E-state index is 0.0284. The number of sulfonamides is 1. The number of anilines is 1. The van der Waals surface area contributed by atoms with E-state index in [4.69, 9.17) is 0 Å². The lowest BCUT2D eigenvalue weighted by atomic mass is 10.1. The van der Waals surface area contributed by atoms with Crippen LogP contribution in [0.15, 0.2) is 47.5 Å². The maximum absolute atomic E-state index is 12.6. The Balaban J connectivity index is 1.49. The van der Waals surface area contributed by atoms with Gasteiger partial charge in [-0.2, -0.15) is 4.31 Å². The highest BCUT2D eigenvalue weighted by Crippen LogP contribution is 2.19. The number of nitrogens with one attached hydrogen (secondary N) is 1. The predicted octanol–water partition coefficient (Wildman–Crippen LogP) is 2.96. The number of benzene rings is 1. The molecule has 1 aromatic carbocycles. The van der Waals surface area contributed by atoms with Gasteiger partial charge < -0.3 is 10.2 Å². The lowest BCUT2D eigenvalue weighted by Gasteiger charge is -2.18. The Labute approximate surface area is 185 Å². The van der Waals surface area contributed by atoms with Gasteiger partial charge in [0.2, 0.25) is 15.9 Å². The summed E-state index contributed by atoms with van der Waals surface area (Å²) >= 11 is 0. The summed E-state index contributed by atoms with van der Waals surface area (Å²) in [5, 5.41) is 2.96. The first kappa shape index (κ1) is 23.2. The van der Waals surface area contributed by atoms with E-state index in [-0.39, 0.29) is 10.8 Å². The van der Waals surface area contributed by atoms with E-state index in [1.165, 1.54) is 17.1 Å². The van der Waals surface area contributed by atoms with Crippen molar-refractivity contribution in [1.82, 2.24) is 14.6 Å². The molecular formula is C23H32N4O3S. The lowest BCUT2D eigenvalue weighted by Crippen LogP contribution is -2.30. The number of rotatable bonds is 10. The van der Waals surface area contributed by atoms with Crippen molar-refractivity contribution in [2.45, 2.75) is 51.0 Å². The number of aryl methyl sites for hydroxylation is 1. The lowest BCUT2D eigenvalue weighted by molar-refractivity contribution is -0.121. The summed E-state index contributed by atoms with van der Waals surface area (Å²) in [6.45, 7) is 7.09. The van der Waals surface area contributed by atoms with Gasteiger partial charge in [-0.1, -0.05) is 26.0 Å². The van der Waals surface area contributed by atoms with E-state index >= 15 is 0 Å². The summed E-state index contributed by atoms with van der Waals surface area (Å²) in [5.74, 6) is 0.948. The predicted molar refractivity (Wildman–Crippen MR) is 122 cm³/mol. The van der Waals surface area contributed by atoms with Crippen LogP contribution in [-0.2, 0) is 27.8 Å². The zero-order valence-corrected chi connectivity index (χ0v) is 19.2. The van der Waals surface area contributed by atoms with Crippen molar-refractivity contribution in [3.63, 3.8) is 0 Å². The number of pyridine rings is 1. The van der Waals surface area contributed by atoms with Crippen LogP contribution in [0.5, 0.6) is 0 Å². The molecule has 2 heterocycles. The fourth-order valence-electron chi connectivity index (χ4n) is 3.78. The summed E-state index contributed by atoms with van der Waals surface area (Å²) in [5.41, 5.74) is 1.98. The van der Waals surface area contributed by atoms with E-state index in [0.29, 0.717) is 32.5 Å². The summed E-state index contributed by atoms with van der Waals surface area (Å²) < 4.78 is 26.5. The topological polar surface area (TPSA) is 82.6 Å². The Kier molecular flexibility index (Phi) is 8.03. The Morgan fingerprint density at radius 2 is 1.74 bits per heavy atom. The second-order valence-corrected chi connectivity index (χ2v) is 9.66. The summed E-state index contributed by atoms with van der Waals surface area (Å²) in [7, 11) is -3.45.